The lowest BCUT2D eigenvalue weighted by Gasteiger charge is -2.38. The predicted octanol–water partition coefficient (Wildman–Crippen LogP) is 3.40. The van der Waals surface area contributed by atoms with Crippen molar-refractivity contribution in [2.45, 2.75) is 45.2 Å². The number of piperidine rings is 1. The van der Waals surface area contributed by atoms with Crippen LogP contribution in [0.25, 0.3) is 0 Å². The number of carbonyl (C=O) groups is 2. The molecule has 1 heterocycles. The fraction of sp³-hybridized carbons (Fsp3) is 0.500. The molecule has 1 aromatic rings. The summed E-state index contributed by atoms with van der Waals surface area (Å²) >= 11 is 3.31. The Labute approximate surface area is 133 Å². The van der Waals surface area contributed by atoms with Gasteiger partial charge in [-0.1, -0.05) is 22.0 Å². The number of esters is 1. The van der Waals surface area contributed by atoms with Gasteiger partial charge in [0.05, 0.1) is 5.56 Å². The zero-order valence-electron chi connectivity index (χ0n) is 12.3. The van der Waals surface area contributed by atoms with Crippen molar-refractivity contribution in [2.75, 3.05) is 6.61 Å². The maximum absolute atomic E-state index is 12.3. The van der Waals surface area contributed by atoms with Gasteiger partial charge in [-0.2, -0.15) is 0 Å². The maximum atomic E-state index is 12.3. The first-order valence-corrected chi connectivity index (χ1v) is 8.02. The standard InChI is InChI=1S/C16H20BrNO3/c1-11-5-3-6-12(2)18(11)15(19)10-21-16(20)13-7-4-8-14(17)9-13/h4,7-9,11-12H,3,5-6,10H2,1-2H3/t11-,12-/m0/s1. The molecule has 0 spiro atoms. The summed E-state index contributed by atoms with van der Waals surface area (Å²) in [4.78, 5) is 26.0. The van der Waals surface area contributed by atoms with Crippen LogP contribution < -0.4 is 0 Å². The molecule has 114 valence electrons. The summed E-state index contributed by atoms with van der Waals surface area (Å²) in [6.45, 7) is 3.90. The first-order valence-electron chi connectivity index (χ1n) is 7.23. The Hall–Kier alpha value is -1.36. The van der Waals surface area contributed by atoms with E-state index in [1.165, 1.54) is 0 Å². The van der Waals surface area contributed by atoms with Crippen LogP contribution in [0.3, 0.4) is 0 Å². The van der Waals surface area contributed by atoms with Gasteiger partial charge in [-0.3, -0.25) is 4.79 Å². The van der Waals surface area contributed by atoms with Gasteiger partial charge in [0.1, 0.15) is 0 Å². The van der Waals surface area contributed by atoms with Crippen molar-refractivity contribution in [1.29, 1.82) is 0 Å². The average Bonchev–Trinajstić information content (AvgIpc) is 2.44. The first kappa shape index (κ1) is 16.0. The quantitative estimate of drug-likeness (QED) is 0.782. The van der Waals surface area contributed by atoms with Gasteiger partial charge in [-0.15, -0.1) is 0 Å². The first-order chi connectivity index (χ1) is 9.99. The zero-order valence-corrected chi connectivity index (χ0v) is 13.9. The number of hydrogen-bond donors (Lipinski definition) is 0. The summed E-state index contributed by atoms with van der Waals surface area (Å²) in [5, 5.41) is 0. The Balaban J connectivity index is 1.93. The molecule has 4 nitrogen and oxygen atoms in total. The molecule has 0 aliphatic carbocycles. The van der Waals surface area contributed by atoms with Crippen LogP contribution in [-0.2, 0) is 9.53 Å². The SMILES string of the molecule is C[C@H]1CCC[C@H](C)N1C(=O)COC(=O)c1cccc(Br)c1. The summed E-state index contributed by atoms with van der Waals surface area (Å²) in [7, 11) is 0. The van der Waals surface area contributed by atoms with E-state index in [0.717, 1.165) is 23.7 Å². The molecule has 0 aromatic heterocycles. The number of amides is 1. The fourth-order valence-electron chi connectivity index (χ4n) is 2.81. The molecule has 1 amide bonds. The van der Waals surface area contributed by atoms with Crippen LogP contribution in [0, 0.1) is 0 Å². The van der Waals surface area contributed by atoms with E-state index in [9.17, 15) is 9.59 Å². The predicted molar refractivity (Wildman–Crippen MR) is 84.0 cm³/mol. The second-order valence-corrected chi connectivity index (χ2v) is 6.43. The van der Waals surface area contributed by atoms with Crippen LogP contribution in [0.1, 0.15) is 43.5 Å². The minimum atomic E-state index is -0.470. The van der Waals surface area contributed by atoms with Crippen LogP contribution in [0.4, 0.5) is 0 Å². The summed E-state index contributed by atoms with van der Waals surface area (Å²) < 4.78 is 5.95. The summed E-state index contributed by atoms with van der Waals surface area (Å²) in [6, 6.07) is 7.37. The molecular formula is C16H20BrNO3. The van der Waals surface area contributed by atoms with Gasteiger partial charge in [0.25, 0.3) is 5.91 Å². The van der Waals surface area contributed by atoms with Crippen molar-refractivity contribution < 1.29 is 14.3 Å². The van der Waals surface area contributed by atoms with E-state index in [4.69, 9.17) is 4.74 Å². The highest BCUT2D eigenvalue weighted by molar-refractivity contribution is 9.10. The lowest BCUT2D eigenvalue weighted by atomic mass is 9.97. The van der Waals surface area contributed by atoms with Crippen LogP contribution in [-0.4, -0.2) is 35.5 Å². The second-order valence-electron chi connectivity index (χ2n) is 5.52. The Bertz CT molecular complexity index is 522. The van der Waals surface area contributed by atoms with E-state index in [2.05, 4.69) is 15.9 Å². The molecule has 1 saturated heterocycles. The smallest absolute Gasteiger partial charge is 0.338 e. The maximum Gasteiger partial charge on any atom is 0.338 e. The van der Waals surface area contributed by atoms with Gasteiger partial charge in [0, 0.05) is 16.6 Å². The van der Waals surface area contributed by atoms with E-state index in [1.54, 1.807) is 18.2 Å². The molecule has 1 aliphatic rings. The molecule has 2 rings (SSSR count). The highest BCUT2D eigenvalue weighted by atomic mass is 79.9. The normalized spacial score (nSPS) is 22.0. The van der Waals surface area contributed by atoms with Gasteiger partial charge in [-0.25, -0.2) is 4.79 Å². The zero-order chi connectivity index (χ0) is 15.4. The number of rotatable bonds is 3. The Morgan fingerprint density at radius 1 is 1.29 bits per heavy atom. The number of likely N-dealkylation sites (tertiary alicyclic amines) is 1. The molecule has 1 aromatic carbocycles. The van der Waals surface area contributed by atoms with Gasteiger partial charge in [0.2, 0.25) is 0 Å². The minimum Gasteiger partial charge on any atom is -0.452 e. The fourth-order valence-corrected chi connectivity index (χ4v) is 3.21. The monoisotopic (exact) mass is 353 g/mol. The summed E-state index contributed by atoms with van der Waals surface area (Å²) in [6.07, 6.45) is 3.16. The third kappa shape index (κ3) is 4.06. The molecule has 1 fully saturated rings. The van der Waals surface area contributed by atoms with Crippen molar-refractivity contribution in [3.63, 3.8) is 0 Å². The topological polar surface area (TPSA) is 46.6 Å². The van der Waals surface area contributed by atoms with E-state index in [1.807, 2.05) is 24.8 Å². The van der Waals surface area contributed by atoms with Gasteiger partial charge in [-0.05, 0) is 51.3 Å². The Morgan fingerprint density at radius 3 is 2.57 bits per heavy atom. The molecule has 1 aliphatic heterocycles. The van der Waals surface area contributed by atoms with Crippen molar-refractivity contribution in [3.8, 4) is 0 Å². The van der Waals surface area contributed by atoms with E-state index in [-0.39, 0.29) is 24.6 Å². The molecule has 0 N–H and O–H groups in total. The molecule has 0 bridgehead atoms. The lowest BCUT2D eigenvalue weighted by Crippen LogP contribution is -2.49. The van der Waals surface area contributed by atoms with Gasteiger partial charge < -0.3 is 9.64 Å². The van der Waals surface area contributed by atoms with Crippen molar-refractivity contribution in [2.24, 2.45) is 0 Å². The van der Waals surface area contributed by atoms with E-state index >= 15 is 0 Å². The highest BCUT2D eigenvalue weighted by Crippen LogP contribution is 2.22. The number of ether oxygens (including phenoxy) is 1. The molecule has 0 saturated carbocycles. The Morgan fingerprint density at radius 2 is 1.95 bits per heavy atom. The third-order valence-electron chi connectivity index (χ3n) is 3.87. The van der Waals surface area contributed by atoms with E-state index in [0.29, 0.717) is 5.56 Å². The van der Waals surface area contributed by atoms with Crippen molar-refractivity contribution in [3.05, 3.63) is 34.3 Å². The average molecular weight is 354 g/mol. The van der Waals surface area contributed by atoms with Crippen LogP contribution >= 0.6 is 15.9 Å². The summed E-state index contributed by atoms with van der Waals surface area (Å²) in [5.74, 6) is -0.583. The number of halogens is 1. The molecule has 5 heteroatoms. The number of carbonyl (C=O) groups excluding carboxylic acids is 2. The molecular weight excluding hydrogens is 334 g/mol. The number of nitrogens with zero attached hydrogens (tertiary/aromatic N) is 1. The molecule has 21 heavy (non-hydrogen) atoms. The molecule has 0 unspecified atom stereocenters. The Kier molecular flexibility index (Phi) is 5.39. The number of hydrogen-bond acceptors (Lipinski definition) is 3. The number of benzene rings is 1. The molecule has 0 radical (unpaired) electrons. The van der Waals surface area contributed by atoms with Crippen molar-refractivity contribution in [1.82, 2.24) is 4.90 Å². The van der Waals surface area contributed by atoms with Crippen LogP contribution in [0.5, 0.6) is 0 Å². The van der Waals surface area contributed by atoms with E-state index < -0.39 is 5.97 Å². The van der Waals surface area contributed by atoms with Gasteiger partial charge in [0.15, 0.2) is 6.61 Å². The largest absolute Gasteiger partial charge is 0.452 e. The lowest BCUT2D eigenvalue weighted by molar-refractivity contribution is -0.140. The van der Waals surface area contributed by atoms with Crippen LogP contribution in [0.15, 0.2) is 28.7 Å². The van der Waals surface area contributed by atoms with Gasteiger partial charge >= 0.3 is 5.97 Å². The van der Waals surface area contributed by atoms with Crippen LogP contribution in [0.2, 0.25) is 0 Å². The minimum absolute atomic E-state index is 0.113. The highest BCUT2D eigenvalue weighted by Gasteiger charge is 2.29. The second kappa shape index (κ2) is 7.07. The third-order valence-corrected chi connectivity index (χ3v) is 4.36. The van der Waals surface area contributed by atoms with Crippen molar-refractivity contribution >= 4 is 27.8 Å². The summed E-state index contributed by atoms with van der Waals surface area (Å²) in [5.41, 5.74) is 0.442. The molecule has 2 atom stereocenters.